The van der Waals surface area contributed by atoms with Crippen LogP contribution in [0.5, 0.6) is 0 Å². The molecule has 1 aromatic heterocycles. The molecule has 1 atom stereocenters. The van der Waals surface area contributed by atoms with Crippen molar-refractivity contribution >= 4 is 16.8 Å². The minimum Gasteiger partial charge on any atom is -0.388 e. The van der Waals surface area contributed by atoms with Crippen molar-refractivity contribution < 1.29 is 9.90 Å². The van der Waals surface area contributed by atoms with Crippen LogP contribution in [-0.2, 0) is 11.3 Å². The van der Waals surface area contributed by atoms with Crippen LogP contribution in [-0.4, -0.2) is 58.6 Å². The fourth-order valence-corrected chi connectivity index (χ4v) is 3.56. The molecule has 1 aliphatic heterocycles. The average molecular weight is 341 g/mol. The predicted octanol–water partition coefficient (Wildman–Crippen LogP) is 2.35. The van der Waals surface area contributed by atoms with Crippen LogP contribution in [0.3, 0.4) is 0 Å². The smallest absolute Gasteiger partial charge is 0.224 e. The minimum atomic E-state index is -0.922. The monoisotopic (exact) mass is 341 g/mol. The van der Waals surface area contributed by atoms with E-state index < -0.39 is 5.60 Å². The van der Waals surface area contributed by atoms with E-state index in [-0.39, 0.29) is 12.3 Å². The molecular weight excluding hydrogens is 314 g/mol. The summed E-state index contributed by atoms with van der Waals surface area (Å²) in [4.78, 5) is 20.3. The van der Waals surface area contributed by atoms with Crippen LogP contribution in [0.25, 0.3) is 10.9 Å². The number of pyridine rings is 1. The van der Waals surface area contributed by atoms with Gasteiger partial charge in [0.25, 0.3) is 0 Å². The molecule has 0 radical (unpaired) electrons. The van der Waals surface area contributed by atoms with Gasteiger partial charge in [-0.3, -0.25) is 14.7 Å². The number of hydrogen-bond acceptors (Lipinski definition) is 4. The molecule has 0 spiro atoms. The second kappa shape index (κ2) is 7.10. The van der Waals surface area contributed by atoms with Crippen LogP contribution in [0, 0.1) is 6.92 Å². The van der Waals surface area contributed by atoms with Crippen LogP contribution in [0.15, 0.2) is 30.3 Å². The zero-order valence-corrected chi connectivity index (χ0v) is 15.3. The maximum atomic E-state index is 12.0. The molecule has 5 nitrogen and oxygen atoms in total. The number of nitrogens with zero attached hydrogens (tertiary/aromatic N) is 3. The normalized spacial score (nSPS) is 21.4. The first kappa shape index (κ1) is 17.8. The van der Waals surface area contributed by atoms with Crippen molar-refractivity contribution in [1.82, 2.24) is 14.8 Å². The van der Waals surface area contributed by atoms with E-state index in [9.17, 15) is 9.90 Å². The van der Waals surface area contributed by atoms with Crippen molar-refractivity contribution in [3.05, 3.63) is 41.6 Å². The number of carbonyl (C=O) groups is 1. The number of fused-ring (bicyclic) bond motifs is 1. The summed E-state index contributed by atoms with van der Waals surface area (Å²) >= 11 is 0. The summed E-state index contributed by atoms with van der Waals surface area (Å²) in [5.41, 5.74) is 2.32. The summed E-state index contributed by atoms with van der Waals surface area (Å²) < 4.78 is 0. The number of likely N-dealkylation sites (tertiary alicyclic amines) is 1. The van der Waals surface area contributed by atoms with Crippen LogP contribution in [0.4, 0.5) is 0 Å². The highest BCUT2D eigenvalue weighted by atomic mass is 16.3. The van der Waals surface area contributed by atoms with Crippen molar-refractivity contribution in [2.24, 2.45) is 0 Å². The maximum Gasteiger partial charge on any atom is 0.224 e. The molecule has 1 amide bonds. The van der Waals surface area contributed by atoms with Gasteiger partial charge in [0.2, 0.25) is 5.91 Å². The Hall–Kier alpha value is -1.98. The van der Waals surface area contributed by atoms with E-state index in [1.54, 1.807) is 19.0 Å². The molecule has 2 aromatic rings. The number of aliphatic hydroxyl groups is 1. The lowest BCUT2D eigenvalue weighted by Crippen LogP contribution is -2.50. The molecule has 1 unspecified atom stereocenters. The number of hydrogen-bond donors (Lipinski definition) is 1. The Kier molecular flexibility index (Phi) is 5.06. The van der Waals surface area contributed by atoms with E-state index in [1.807, 2.05) is 13.0 Å². The number of piperidine rings is 1. The van der Waals surface area contributed by atoms with Crippen molar-refractivity contribution in [1.29, 1.82) is 0 Å². The van der Waals surface area contributed by atoms with Gasteiger partial charge in [0, 0.05) is 38.3 Å². The van der Waals surface area contributed by atoms with E-state index in [2.05, 4.69) is 34.1 Å². The molecule has 5 heteroatoms. The van der Waals surface area contributed by atoms with E-state index in [0.717, 1.165) is 36.1 Å². The molecule has 1 saturated heterocycles. The Morgan fingerprint density at radius 3 is 2.88 bits per heavy atom. The quantitative estimate of drug-likeness (QED) is 0.927. The number of β-amino-alcohol motifs (C(OH)–C–C–N with tert-alkyl or cyclic N) is 1. The highest BCUT2D eigenvalue weighted by Gasteiger charge is 2.35. The topological polar surface area (TPSA) is 56.7 Å². The summed E-state index contributed by atoms with van der Waals surface area (Å²) in [6.45, 7) is 4.26. The zero-order valence-electron chi connectivity index (χ0n) is 15.3. The number of benzene rings is 1. The van der Waals surface area contributed by atoms with E-state index in [0.29, 0.717) is 13.0 Å². The summed E-state index contributed by atoms with van der Waals surface area (Å²) in [6, 6.07) is 10.5. The Labute approximate surface area is 149 Å². The Morgan fingerprint density at radius 2 is 2.12 bits per heavy atom. The van der Waals surface area contributed by atoms with Gasteiger partial charge < -0.3 is 10.0 Å². The van der Waals surface area contributed by atoms with Crippen LogP contribution in [0.1, 0.15) is 30.5 Å². The first-order valence-electron chi connectivity index (χ1n) is 8.86. The van der Waals surface area contributed by atoms with Gasteiger partial charge in [0.05, 0.1) is 17.5 Å². The molecule has 25 heavy (non-hydrogen) atoms. The highest BCUT2D eigenvalue weighted by Crippen LogP contribution is 2.26. The largest absolute Gasteiger partial charge is 0.388 e. The number of carbonyl (C=O) groups excluding carboxylic acids is 1. The van der Waals surface area contributed by atoms with Crippen molar-refractivity contribution in [3.8, 4) is 0 Å². The van der Waals surface area contributed by atoms with Crippen LogP contribution >= 0.6 is 0 Å². The fourth-order valence-electron chi connectivity index (χ4n) is 3.56. The van der Waals surface area contributed by atoms with Gasteiger partial charge >= 0.3 is 0 Å². The Morgan fingerprint density at radius 1 is 1.32 bits per heavy atom. The molecule has 1 fully saturated rings. The lowest BCUT2D eigenvalue weighted by molar-refractivity contribution is -0.136. The Balaban J connectivity index is 1.70. The summed E-state index contributed by atoms with van der Waals surface area (Å²) in [5.74, 6) is -0.0171. The van der Waals surface area contributed by atoms with Crippen molar-refractivity contribution in [2.75, 3.05) is 27.2 Å². The SMILES string of the molecule is Cc1ccc2cc(CN3CCCC(O)(CC(=O)N(C)C)C3)ccc2n1. The van der Waals surface area contributed by atoms with E-state index >= 15 is 0 Å². The van der Waals surface area contributed by atoms with Gasteiger partial charge in [-0.05, 0) is 50.1 Å². The summed E-state index contributed by atoms with van der Waals surface area (Å²) in [5, 5.41) is 12.0. The Bertz CT molecular complexity index is 775. The minimum absolute atomic E-state index is 0.0171. The number of aryl methyl sites for hydroxylation is 1. The first-order chi connectivity index (χ1) is 11.8. The summed E-state index contributed by atoms with van der Waals surface area (Å²) in [6.07, 6.45) is 1.78. The van der Waals surface area contributed by atoms with Crippen molar-refractivity contribution in [3.63, 3.8) is 0 Å². The number of rotatable bonds is 4. The highest BCUT2D eigenvalue weighted by molar-refractivity contribution is 5.79. The van der Waals surface area contributed by atoms with Crippen LogP contribution < -0.4 is 0 Å². The third-order valence-electron chi connectivity index (χ3n) is 4.91. The second-order valence-electron chi connectivity index (χ2n) is 7.48. The standard InChI is InChI=1S/C20H27N3O2/c1-15-5-7-17-11-16(6-8-18(17)21-15)13-23-10-4-9-20(25,14-23)12-19(24)22(2)3/h5-8,11,25H,4,9-10,12-14H2,1-3H3. The molecule has 0 bridgehead atoms. The average Bonchev–Trinajstić information content (AvgIpc) is 2.54. The number of amides is 1. The van der Waals surface area contributed by atoms with Crippen LogP contribution in [0.2, 0.25) is 0 Å². The van der Waals surface area contributed by atoms with Gasteiger partial charge in [-0.1, -0.05) is 12.1 Å². The first-order valence-corrected chi connectivity index (χ1v) is 8.86. The lowest BCUT2D eigenvalue weighted by atomic mass is 9.89. The lowest BCUT2D eigenvalue weighted by Gasteiger charge is -2.39. The van der Waals surface area contributed by atoms with Gasteiger partial charge in [-0.25, -0.2) is 0 Å². The van der Waals surface area contributed by atoms with E-state index in [4.69, 9.17) is 0 Å². The fraction of sp³-hybridized carbons (Fsp3) is 0.500. The molecule has 2 heterocycles. The molecule has 134 valence electrons. The van der Waals surface area contributed by atoms with E-state index in [1.165, 1.54) is 5.56 Å². The third-order valence-corrected chi connectivity index (χ3v) is 4.91. The van der Waals surface area contributed by atoms with Gasteiger partial charge in [-0.2, -0.15) is 0 Å². The molecule has 3 rings (SSSR count). The molecule has 1 N–H and O–H groups in total. The molecule has 0 aliphatic carbocycles. The molecular formula is C20H27N3O2. The zero-order chi connectivity index (χ0) is 18.0. The predicted molar refractivity (Wildman–Crippen MR) is 99.3 cm³/mol. The second-order valence-corrected chi connectivity index (χ2v) is 7.48. The number of aromatic nitrogens is 1. The van der Waals surface area contributed by atoms with Gasteiger partial charge in [0.15, 0.2) is 0 Å². The van der Waals surface area contributed by atoms with Crippen molar-refractivity contribution in [2.45, 2.75) is 38.3 Å². The molecule has 0 saturated carbocycles. The molecule has 1 aromatic carbocycles. The van der Waals surface area contributed by atoms with Gasteiger partial charge in [0.1, 0.15) is 0 Å². The van der Waals surface area contributed by atoms with Gasteiger partial charge in [-0.15, -0.1) is 0 Å². The maximum absolute atomic E-state index is 12.0. The summed E-state index contributed by atoms with van der Waals surface area (Å²) in [7, 11) is 3.47. The molecule has 1 aliphatic rings. The third kappa shape index (κ3) is 4.35.